The summed E-state index contributed by atoms with van der Waals surface area (Å²) in [6.07, 6.45) is 0.599. The summed E-state index contributed by atoms with van der Waals surface area (Å²) in [4.78, 5) is 9.16. The molecule has 0 spiro atoms. The van der Waals surface area contributed by atoms with E-state index >= 15 is 0 Å². The van der Waals surface area contributed by atoms with Gasteiger partial charge in [0.1, 0.15) is 0 Å². The molecule has 1 aliphatic heterocycles. The molecule has 8 heteroatoms. The molecule has 1 saturated heterocycles. The third kappa shape index (κ3) is 4.41. The summed E-state index contributed by atoms with van der Waals surface area (Å²) in [6.45, 7) is 7.78. The van der Waals surface area contributed by atoms with Crippen molar-refractivity contribution < 1.29 is 8.42 Å². The average molecular weight is 318 g/mol. The molecule has 0 amide bonds. The summed E-state index contributed by atoms with van der Waals surface area (Å²) in [6, 6.07) is 0.392. The Morgan fingerprint density at radius 1 is 1.50 bits per heavy atom. The average Bonchev–Trinajstić information content (AvgIpc) is 2.74. The number of aromatic nitrogens is 1. The molecule has 2 rings (SSSR count). The molecule has 0 radical (unpaired) electrons. The summed E-state index contributed by atoms with van der Waals surface area (Å²) in [7, 11) is -3.33. The van der Waals surface area contributed by atoms with Gasteiger partial charge in [-0.2, -0.15) is 0 Å². The second-order valence-corrected chi connectivity index (χ2v) is 7.91. The van der Waals surface area contributed by atoms with Crippen LogP contribution < -0.4 is 10.0 Å². The van der Waals surface area contributed by atoms with Gasteiger partial charge in [0.25, 0.3) is 0 Å². The first-order chi connectivity index (χ1) is 9.35. The Bertz CT molecular complexity index is 543. The zero-order valence-electron chi connectivity index (χ0n) is 11.9. The molecule has 1 aromatic rings. The van der Waals surface area contributed by atoms with E-state index in [1.807, 2.05) is 6.92 Å². The molecule has 2 heterocycles. The fourth-order valence-electron chi connectivity index (χ4n) is 2.48. The molecule has 1 fully saturated rings. The minimum Gasteiger partial charge on any atom is -0.343 e. The van der Waals surface area contributed by atoms with Gasteiger partial charge >= 0.3 is 0 Å². The van der Waals surface area contributed by atoms with Crippen LogP contribution in [0, 0.1) is 6.92 Å². The Kier molecular flexibility index (Phi) is 5.00. The second-order valence-electron chi connectivity index (χ2n) is 5.34. The first kappa shape index (κ1) is 15.7. The topological polar surface area (TPSA) is 79.5 Å². The summed E-state index contributed by atoms with van der Waals surface area (Å²) in [5, 5.41) is 8.17. The van der Waals surface area contributed by atoms with Crippen LogP contribution in [0.15, 0.2) is 5.38 Å². The van der Waals surface area contributed by atoms with Crippen LogP contribution in [0.25, 0.3) is 0 Å². The maximum absolute atomic E-state index is 10.9. The third-order valence-electron chi connectivity index (χ3n) is 3.47. The molecular weight excluding hydrogens is 296 g/mol. The number of nitrogens with two attached hydrogens (primary N) is 1. The second kappa shape index (κ2) is 6.38. The lowest BCUT2D eigenvalue weighted by Crippen LogP contribution is -2.52. The van der Waals surface area contributed by atoms with Gasteiger partial charge in [0.2, 0.25) is 10.0 Å². The number of anilines is 1. The number of nitrogens with zero attached hydrogens (tertiary/aromatic N) is 3. The van der Waals surface area contributed by atoms with Gasteiger partial charge in [-0.15, -0.1) is 11.3 Å². The van der Waals surface area contributed by atoms with E-state index in [4.69, 9.17) is 5.14 Å². The van der Waals surface area contributed by atoms with E-state index in [1.54, 1.807) is 11.3 Å². The lowest BCUT2D eigenvalue weighted by atomic mass is 10.2. The van der Waals surface area contributed by atoms with Crippen LogP contribution in [0.1, 0.15) is 19.0 Å². The van der Waals surface area contributed by atoms with E-state index in [2.05, 4.69) is 27.1 Å². The number of sulfonamides is 1. The molecule has 0 aliphatic carbocycles. The molecule has 20 heavy (non-hydrogen) atoms. The van der Waals surface area contributed by atoms with E-state index in [-0.39, 0.29) is 5.75 Å². The van der Waals surface area contributed by atoms with Crippen molar-refractivity contribution in [2.24, 2.45) is 5.14 Å². The highest BCUT2D eigenvalue weighted by Crippen LogP contribution is 2.24. The molecule has 6 nitrogen and oxygen atoms in total. The number of hydrogen-bond acceptors (Lipinski definition) is 6. The summed E-state index contributed by atoms with van der Waals surface area (Å²) in [5.74, 6) is 0.0628. The summed E-state index contributed by atoms with van der Waals surface area (Å²) in [5.41, 5.74) is 1.06. The van der Waals surface area contributed by atoms with Crippen LogP contribution in [0.5, 0.6) is 0 Å². The van der Waals surface area contributed by atoms with Crippen LogP contribution in [-0.2, 0) is 10.0 Å². The van der Waals surface area contributed by atoms with Crippen molar-refractivity contribution >= 4 is 26.5 Å². The van der Waals surface area contributed by atoms with Crippen molar-refractivity contribution in [2.45, 2.75) is 26.3 Å². The lowest BCUT2D eigenvalue weighted by Gasteiger charge is -2.39. The maximum Gasteiger partial charge on any atom is 0.209 e. The van der Waals surface area contributed by atoms with Gasteiger partial charge in [0.15, 0.2) is 5.13 Å². The number of primary sulfonamides is 1. The van der Waals surface area contributed by atoms with Gasteiger partial charge in [0.05, 0.1) is 11.4 Å². The van der Waals surface area contributed by atoms with E-state index in [9.17, 15) is 8.42 Å². The van der Waals surface area contributed by atoms with Crippen molar-refractivity contribution in [3.05, 3.63) is 11.1 Å². The molecule has 0 unspecified atom stereocenters. The molecular formula is C12H22N4O2S2. The predicted molar refractivity (Wildman–Crippen MR) is 82.7 cm³/mol. The van der Waals surface area contributed by atoms with Crippen molar-refractivity contribution in [3.63, 3.8) is 0 Å². The third-order valence-corrected chi connectivity index (χ3v) is 5.32. The number of hydrogen-bond donors (Lipinski definition) is 1. The van der Waals surface area contributed by atoms with Crippen LogP contribution in [0.3, 0.4) is 0 Å². The van der Waals surface area contributed by atoms with Gasteiger partial charge in [0, 0.05) is 31.1 Å². The minimum atomic E-state index is -3.33. The Labute approximate surface area is 124 Å². The van der Waals surface area contributed by atoms with Gasteiger partial charge in [-0.3, -0.25) is 4.90 Å². The Morgan fingerprint density at radius 2 is 2.25 bits per heavy atom. The van der Waals surface area contributed by atoms with Crippen molar-refractivity contribution in [3.8, 4) is 0 Å². The van der Waals surface area contributed by atoms with E-state index < -0.39 is 10.0 Å². The van der Waals surface area contributed by atoms with Crippen molar-refractivity contribution in [1.29, 1.82) is 0 Å². The van der Waals surface area contributed by atoms with Crippen LogP contribution in [0.2, 0.25) is 0 Å². The molecule has 1 aliphatic rings. The summed E-state index contributed by atoms with van der Waals surface area (Å²) >= 11 is 1.68. The molecule has 0 saturated carbocycles. The minimum absolute atomic E-state index is 0.0628. The Balaban J connectivity index is 1.83. The van der Waals surface area contributed by atoms with Crippen LogP contribution >= 0.6 is 11.3 Å². The van der Waals surface area contributed by atoms with E-state index in [1.165, 1.54) is 0 Å². The zero-order chi connectivity index (χ0) is 14.8. The van der Waals surface area contributed by atoms with Gasteiger partial charge in [-0.05, 0) is 26.8 Å². The number of aryl methyl sites for hydroxylation is 1. The normalized spacial score (nSPS) is 21.4. The summed E-state index contributed by atoms with van der Waals surface area (Å²) < 4.78 is 21.8. The first-order valence-corrected chi connectivity index (χ1v) is 9.36. The lowest BCUT2D eigenvalue weighted by molar-refractivity contribution is 0.229. The number of thiazole rings is 1. The first-order valence-electron chi connectivity index (χ1n) is 6.77. The quantitative estimate of drug-likeness (QED) is 0.862. The van der Waals surface area contributed by atoms with Crippen LogP contribution in [0.4, 0.5) is 5.13 Å². The fourth-order valence-corrected chi connectivity index (χ4v) is 3.95. The Morgan fingerprint density at radius 3 is 2.80 bits per heavy atom. The zero-order valence-corrected chi connectivity index (χ0v) is 13.6. The fraction of sp³-hybridized carbons (Fsp3) is 0.750. The van der Waals surface area contributed by atoms with Gasteiger partial charge in [-0.1, -0.05) is 0 Å². The standard InChI is InChI=1S/C12H22N4O2S2/c1-10-9-19-12(14-10)16-6-5-15(8-11(16)2)4-3-7-20(13,17)18/h9,11H,3-8H2,1-2H3,(H2,13,17,18)/t11-/m1/s1. The highest BCUT2D eigenvalue weighted by atomic mass is 32.2. The van der Waals surface area contributed by atoms with Crippen LogP contribution in [-0.4, -0.2) is 56.3 Å². The Hall–Kier alpha value is -0.700. The smallest absolute Gasteiger partial charge is 0.209 e. The van der Waals surface area contributed by atoms with Crippen molar-refractivity contribution in [1.82, 2.24) is 9.88 Å². The molecule has 0 aromatic carbocycles. The highest BCUT2D eigenvalue weighted by Gasteiger charge is 2.25. The molecule has 1 atom stereocenters. The SMILES string of the molecule is Cc1csc(N2CCN(CCCS(N)(=O)=O)C[C@H]2C)n1. The van der Waals surface area contributed by atoms with E-state index in [0.717, 1.165) is 37.0 Å². The van der Waals surface area contributed by atoms with Crippen molar-refractivity contribution in [2.75, 3.05) is 36.8 Å². The van der Waals surface area contributed by atoms with Gasteiger partial charge in [-0.25, -0.2) is 18.5 Å². The molecule has 114 valence electrons. The molecule has 0 bridgehead atoms. The largest absolute Gasteiger partial charge is 0.343 e. The molecule has 1 aromatic heterocycles. The predicted octanol–water partition coefficient (Wildman–Crippen LogP) is 0.641. The maximum atomic E-state index is 10.9. The number of piperazine rings is 1. The monoisotopic (exact) mass is 318 g/mol. The van der Waals surface area contributed by atoms with E-state index in [0.29, 0.717) is 12.5 Å². The molecule has 2 N–H and O–H groups in total. The number of rotatable bonds is 5. The highest BCUT2D eigenvalue weighted by molar-refractivity contribution is 7.89. The van der Waals surface area contributed by atoms with Gasteiger partial charge < -0.3 is 4.90 Å².